The van der Waals surface area contributed by atoms with Crippen LogP contribution in [0.5, 0.6) is 11.5 Å². The van der Waals surface area contributed by atoms with Crippen molar-refractivity contribution in [2.24, 2.45) is 0 Å². The van der Waals surface area contributed by atoms with Gasteiger partial charge in [0.1, 0.15) is 34.7 Å². The van der Waals surface area contributed by atoms with Gasteiger partial charge in [-0.3, -0.25) is 4.79 Å². The van der Waals surface area contributed by atoms with Crippen LogP contribution in [0.15, 0.2) is 67.1 Å². The van der Waals surface area contributed by atoms with E-state index in [0.29, 0.717) is 40.6 Å². The van der Waals surface area contributed by atoms with Gasteiger partial charge in [0.15, 0.2) is 5.82 Å². The molecule has 0 bridgehead atoms. The Morgan fingerprint density at radius 3 is 2.42 bits per heavy atom. The number of alkyl halides is 3. The zero-order valence-corrected chi connectivity index (χ0v) is 23.7. The van der Waals surface area contributed by atoms with Gasteiger partial charge in [-0.05, 0) is 54.4 Å². The van der Waals surface area contributed by atoms with Crippen LogP contribution in [-0.2, 0) is 12.7 Å². The van der Waals surface area contributed by atoms with E-state index in [1.54, 1.807) is 49.2 Å². The van der Waals surface area contributed by atoms with Gasteiger partial charge in [0.05, 0.1) is 31.2 Å². The summed E-state index contributed by atoms with van der Waals surface area (Å²) in [6.07, 6.45) is -2.08. The summed E-state index contributed by atoms with van der Waals surface area (Å²) in [6.45, 7) is 4.42. The fraction of sp³-hybridized carbons (Fsp3) is 0.233. The van der Waals surface area contributed by atoms with E-state index >= 15 is 0 Å². The highest BCUT2D eigenvalue weighted by Gasteiger charge is 2.31. The molecule has 1 amide bonds. The van der Waals surface area contributed by atoms with E-state index in [-0.39, 0.29) is 17.3 Å². The Balaban J connectivity index is 1.44. The van der Waals surface area contributed by atoms with Gasteiger partial charge >= 0.3 is 6.18 Å². The lowest BCUT2D eigenvalue weighted by Gasteiger charge is -2.13. The topological polar surface area (TPSA) is 116 Å². The molecule has 0 saturated carbocycles. The van der Waals surface area contributed by atoms with Crippen LogP contribution in [-0.4, -0.2) is 44.9 Å². The molecule has 0 fully saturated rings. The first kappa shape index (κ1) is 29.3. The lowest BCUT2D eigenvalue weighted by atomic mass is 10.1. The summed E-state index contributed by atoms with van der Waals surface area (Å²) in [5.74, 6) is 1.11. The van der Waals surface area contributed by atoms with Crippen molar-refractivity contribution in [3.63, 3.8) is 0 Å². The number of benzene rings is 2. The normalized spacial score (nSPS) is 11.5. The van der Waals surface area contributed by atoms with Gasteiger partial charge in [0.2, 0.25) is 0 Å². The molecule has 0 atom stereocenters. The van der Waals surface area contributed by atoms with E-state index in [1.165, 1.54) is 6.33 Å². The maximum absolute atomic E-state index is 13.0. The monoisotopic (exact) mass is 591 g/mol. The highest BCUT2D eigenvalue weighted by atomic mass is 19.4. The number of fused-ring (bicyclic) bond motifs is 1. The highest BCUT2D eigenvalue weighted by molar-refractivity contribution is 6.04. The molecule has 0 aliphatic heterocycles. The van der Waals surface area contributed by atoms with E-state index in [9.17, 15) is 18.0 Å². The number of carbonyl (C=O) groups excluding carboxylic acids is 1. The number of methoxy groups -OCH3 is 2. The van der Waals surface area contributed by atoms with Crippen molar-refractivity contribution in [1.29, 1.82) is 0 Å². The highest BCUT2D eigenvalue weighted by Crippen LogP contribution is 2.32. The van der Waals surface area contributed by atoms with Crippen molar-refractivity contribution in [2.45, 2.75) is 32.5 Å². The van der Waals surface area contributed by atoms with Gasteiger partial charge in [-0.2, -0.15) is 18.3 Å². The third kappa shape index (κ3) is 6.20. The zero-order valence-electron chi connectivity index (χ0n) is 23.7. The Bertz CT molecular complexity index is 1770. The molecule has 3 aromatic heterocycles. The number of halogens is 3. The van der Waals surface area contributed by atoms with Gasteiger partial charge < -0.3 is 20.1 Å². The fourth-order valence-electron chi connectivity index (χ4n) is 4.47. The average molecular weight is 592 g/mol. The molecule has 0 aliphatic rings. The Hall–Kier alpha value is -5.20. The Labute approximate surface area is 244 Å². The Morgan fingerprint density at radius 2 is 1.74 bits per heavy atom. The zero-order chi connectivity index (χ0) is 30.7. The predicted molar refractivity (Wildman–Crippen MR) is 155 cm³/mol. The average Bonchev–Trinajstić information content (AvgIpc) is 3.40. The molecule has 2 aromatic carbocycles. The standard InChI is InChI=1S/C30H28F3N7O3/c1-17(2)25-26-27(28(37-16-36-26)35-15-19-7-10-22(42-3)14-23(19)43-4)40(39-25)21-8-5-18(6-9-21)29(41)38-24-13-20(11-12-34-24)30(31,32)33/h5-14,16-17H,15H2,1-4H3,(H,34,38,41)(H,35,36,37). The number of anilines is 2. The first-order valence-electron chi connectivity index (χ1n) is 13.2. The van der Waals surface area contributed by atoms with Gasteiger partial charge in [-0.25, -0.2) is 19.6 Å². The lowest BCUT2D eigenvalue weighted by molar-refractivity contribution is -0.137. The van der Waals surface area contributed by atoms with Crippen LogP contribution in [0.1, 0.15) is 46.9 Å². The fourth-order valence-corrected chi connectivity index (χ4v) is 4.47. The van der Waals surface area contributed by atoms with E-state index in [0.717, 1.165) is 29.6 Å². The Morgan fingerprint density at radius 1 is 0.977 bits per heavy atom. The lowest BCUT2D eigenvalue weighted by Crippen LogP contribution is -2.14. The molecular weight excluding hydrogens is 563 g/mol. The van der Waals surface area contributed by atoms with E-state index in [1.807, 2.05) is 26.0 Å². The van der Waals surface area contributed by atoms with E-state index < -0.39 is 17.6 Å². The van der Waals surface area contributed by atoms with Crippen LogP contribution in [0.3, 0.4) is 0 Å². The summed E-state index contributed by atoms with van der Waals surface area (Å²) >= 11 is 0. The summed E-state index contributed by atoms with van der Waals surface area (Å²) < 4.78 is 51.7. The summed E-state index contributed by atoms with van der Waals surface area (Å²) in [6, 6.07) is 13.7. The van der Waals surface area contributed by atoms with Crippen molar-refractivity contribution in [3.8, 4) is 17.2 Å². The molecule has 0 spiro atoms. The SMILES string of the molecule is COc1ccc(CNc2ncnc3c(C(C)C)nn(-c4ccc(C(=O)Nc5cc(C(F)(F)F)ccn5)cc4)c23)c(OC)c1. The van der Waals surface area contributed by atoms with E-state index in [4.69, 9.17) is 14.6 Å². The third-order valence-corrected chi connectivity index (χ3v) is 6.67. The first-order chi connectivity index (χ1) is 20.6. The minimum Gasteiger partial charge on any atom is -0.497 e. The number of pyridine rings is 1. The smallest absolute Gasteiger partial charge is 0.416 e. The molecule has 0 unspecified atom stereocenters. The first-order valence-corrected chi connectivity index (χ1v) is 13.2. The van der Waals surface area contributed by atoms with Crippen molar-refractivity contribution in [3.05, 3.63) is 89.5 Å². The van der Waals surface area contributed by atoms with Gasteiger partial charge in [0.25, 0.3) is 5.91 Å². The number of nitrogens with one attached hydrogen (secondary N) is 2. The number of hydrogen-bond donors (Lipinski definition) is 2. The number of amides is 1. The van der Waals surface area contributed by atoms with Crippen LogP contribution >= 0.6 is 0 Å². The molecule has 0 radical (unpaired) electrons. The second kappa shape index (κ2) is 12.0. The van der Waals surface area contributed by atoms with Gasteiger partial charge in [0, 0.05) is 29.9 Å². The molecule has 0 saturated heterocycles. The molecule has 222 valence electrons. The minimum atomic E-state index is -4.55. The number of nitrogens with zero attached hydrogens (tertiary/aromatic N) is 5. The Kier molecular flexibility index (Phi) is 8.15. The number of rotatable bonds is 9. The maximum Gasteiger partial charge on any atom is 0.416 e. The second-order valence-corrected chi connectivity index (χ2v) is 9.83. The number of ether oxygens (including phenoxy) is 2. The molecule has 5 aromatic rings. The predicted octanol–water partition coefficient (Wildman–Crippen LogP) is 6.23. The van der Waals surface area contributed by atoms with Crippen molar-refractivity contribution >= 4 is 28.6 Å². The van der Waals surface area contributed by atoms with Crippen molar-refractivity contribution in [1.82, 2.24) is 24.7 Å². The van der Waals surface area contributed by atoms with Crippen molar-refractivity contribution in [2.75, 3.05) is 24.9 Å². The van der Waals surface area contributed by atoms with Crippen LogP contribution in [0.4, 0.5) is 24.8 Å². The molecule has 3 heterocycles. The van der Waals surface area contributed by atoms with E-state index in [2.05, 4.69) is 25.6 Å². The molecule has 10 nitrogen and oxygen atoms in total. The summed E-state index contributed by atoms with van der Waals surface area (Å²) in [4.78, 5) is 25.6. The van der Waals surface area contributed by atoms with Crippen LogP contribution in [0, 0.1) is 0 Å². The third-order valence-electron chi connectivity index (χ3n) is 6.67. The molecular formula is C30H28F3N7O3. The van der Waals surface area contributed by atoms with Crippen LogP contribution in [0.2, 0.25) is 0 Å². The van der Waals surface area contributed by atoms with Gasteiger partial charge in [-0.1, -0.05) is 13.8 Å². The minimum absolute atomic E-state index is 0.0539. The number of hydrogen-bond acceptors (Lipinski definition) is 8. The summed E-state index contributed by atoms with van der Waals surface area (Å²) in [5, 5.41) is 10.6. The summed E-state index contributed by atoms with van der Waals surface area (Å²) in [7, 11) is 3.18. The van der Waals surface area contributed by atoms with Crippen molar-refractivity contribution < 1.29 is 27.4 Å². The summed E-state index contributed by atoms with van der Waals surface area (Å²) in [5.41, 5.74) is 2.92. The second-order valence-electron chi connectivity index (χ2n) is 9.83. The van der Waals surface area contributed by atoms with Crippen LogP contribution in [0.25, 0.3) is 16.7 Å². The molecule has 2 N–H and O–H groups in total. The quantitative estimate of drug-likeness (QED) is 0.207. The van der Waals surface area contributed by atoms with Gasteiger partial charge in [-0.15, -0.1) is 0 Å². The number of aromatic nitrogens is 5. The largest absolute Gasteiger partial charge is 0.497 e. The molecule has 13 heteroatoms. The maximum atomic E-state index is 13.0. The van der Waals surface area contributed by atoms with Crippen LogP contribution < -0.4 is 20.1 Å². The molecule has 5 rings (SSSR count). The number of carbonyl (C=O) groups is 1. The molecule has 43 heavy (non-hydrogen) atoms. The molecule has 0 aliphatic carbocycles.